The summed E-state index contributed by atoms with van der Waals surface area (Å²) in [6, 6.07) is 98.5. The molecule has 19 rings (SSSR count). The van der Waals surface area contributed by atoms with Crippen LogP contribution in [0.5, 0.6) is 23.0 Å². The summed E-state index contributed by atoms with van der Waals surface area (Å²) in [5.74, 6) is 3.39. The minimum Gasteiger partial charge on any atom is -0.458 e. The second-order valence-electron chi connectivity index (χ2n) is 25.9. The molecular weight excluding hydrogens is 1110 g/mol. The van der Waals surface area contributed by atoms with Gasteiger partial charge in [0.05, 0.1) is 11.4 Å². The highest BCUT2D eigenvalue weighted by molar-refractivity contribution is 6.98. The van der Waals surface area contributed by atoms with E-state index in [1.807, 2.05) is 12.1 Å². The largest absolute Gasteiger partial charge is 0.458 e. The number of rotatable bonds is 8. The van der Waals surface area contributed by atoms with Crippen molar-refractivity contribution in [2.45, 2.75) is 38.5 Å². The molecule has 2 aliphatic carbocycles. The van der Waals surface area contributed by atoms with Gasteiger partial charge in [-0.15, -0.1) is 0 Å². The second-order valence-corrected chi connectivity index (χ2v) is 25.9. The lowest BCUT2D eigenvalue weighted by molar-refractivity contribution is 0.464. The van der Waals surface area contributed by atoms with Crippen molar-refractivity contribution >= 4 is 101 Å². The Kier molecular flexibility index (Phi) is 10.9. The first-order valence-corrected chi connectivity index (χ1v) is 31.5. The average Bonchev–Trinajstić information content (AvgIpc) is 1.66. The summed E-state index contributed by atoms with van der Waals surface area (Å²) in [5.41, 5.74) is 26.7. The van der Waals surface area contributed by atoms with Gasteiger partial charge in [-0.05, 0) is 175 Å². The summed E-state index contributed by atoms with van der Waals surface area (Å²) < 4.78 is 27.8. The summed E-state index contributed by atoms with van der Waals surface area (Å²) in [6.45, 7) is 9.38. The van der Waals surface area contributed by atoms with Crippen LogP contribution in [0.4, 0.5) is 34.1 Å². The maximum absolute atomic E-state index is 7.09. The molecular formula is C84H57BN2O4. The maximum atomic E-state index is 7.09. The number of ether oxygens (including phenoxy) is 2. The molecule has 13 aromatic carbocycles. The van der Waals surface area contributed by atoms with Crippen molar-refractivity contribution in [2.24, 2.45) is 0 Å². The van der Waals surface area contributed by atoms with Crippen molar-refractivity contribution in [3.05, 3.63) is 295 Å². The quantitative estimate of drug-likeness (QED) is 0.141. The maximum Gasteiger partial charge on any atom is 0.260 e. The van der Waals surface area contributed by atoms with Gasteiger partial charge in [0.25, 0.3) is 6.71 Å². The molecule has 2 aliphatic heterocycles. The van der Waals surface area contributed by atoms with Gasteiger partial charge in [-0.1, -0.05) is 204 Å². The van der Waals surface area contributed by atoms with Gasteiger partial charge in [0.2, 0.25) is 0 Å². The van der Waals surface area contributed by atoms with Crippen LogP contribution in [-0.2, 0) is 10.8 Å². The van der Waals surface area contributed by atoms with Gasteiger partial charge < -0.3 is 28.1 Å². The number of benzene rings is 13. The molecule has 0 amide bonds. The Morgan fingerprint density at radius 3 is 1.12 bits per heavy atom. The molecule has 91 heavy (non-hydrogen) atoms. The Morgan fingerprint density at radius 1 is 0.297 bits per heavy atom. The molecule has 430 valence electrons. The third kappa shape index (κ3) is 7.61. The monoisotopic (exact) mass is 1170 g/mol. The summed E-state index contributed by atoms with van der Waals surface area (Å²) in [5, 5.41) is 4.37. The third-order valence-electron chi connectivity index (χ3n) is 20.2. The number of nitrogens with zero attached hydrogens (tertiary/aromatic N) is 2. The van der Waals surface area contributed by atoms with E-state index < -0.39 is 0 Å². The van der Waals surface area contributed by atoms with E-state index in [0.29, 0.717) is 0 Å². The van der Waals surface area contributed by atoms with Crippen LogP contribution in [0.2, 0.25) is 0 Å². The molecule has 4 heterocycles. The second kappa shape index (κ2) is 19.1. The number of fused-ring (bicyclic) bond motifs is 16. The molecule has 0 N–H and O–H groups in total. The van der Waals surface area contributed by atoms with Crippen LogP contribution < -0.4 is 35.7 Å². The summed E-state index contributed by atoms with van der Waals surface area (Å²) in [4.78, 5) is 4.74. The van der Waals surface area contributed by atoms with Gasteiger partial charge in [0, 0.05) is 60.6 Å². The number of furan rings is 2. The van der Waals surface area contributed by atoms with Gasteiger partial charge in [-0.2, -0.15) is 0 Å². The Hall–Kier alpha value is -11.3. The zero-order valence-corrected chi connectivity index (χ0v) is 50.6. The summed E-state index contributed by atoms with van der Waals surface area (Å²) in [6.07, 6.45) is 0. The smallest absolute Gasteiger partial charge is 0.260 e. The Morgan fingerprint density at radius 2 is 0.670 bits per heavy atom. The average molecular weight is 1170 g/mol. The first kappa shape index (κ1) is 51.7. The van der Waals surface area contributed by atoms with E-state index in [9.17, 15) is 0 Å². The van der Waals surface area contributed by atoms with Gasteiger partial charge >= 0.3 is 0 Å². The van der Waals surface area contributed by atoms with Crippen LogP contribution in [0.25, 0.3) is 88.4 Å². The fourth-order valence-corrected chi connectivity index (χ4v) is 15.7. The molecule has 0 spiro atoms. The lowest BCUT2D eigenvalue weighted by atomic mass is 9.34. The fraction of sp³-hybridized carbons (Fsp3) is 0.0714. The molecule has 0 fully saturated rings. The first-order valence-electron chi connectivity index (χ1n) is 31.5. The van der Waals surface area contributed by atoms with Crippen molar-refractivity contribution < 1.29 is 18.3 Å². The van der Waals surface area contributed by atoms with Gasteiger partial charge in [0.15, 0.2) is 11.2 Å². The molecule has 0 saturated heterocycles. The molecule has 6 nitrogen and oxygen atoms in total. The lowest BCUT2D eigenvalue weighted by Gasteiger charge is -2.35. The molecule has 15 aromatic rings. The third-order valence-corrected chi connectivity index (χ3v) is 20.2. The van der Waals surface area contributed by atoms with Crippen LogP contribution in [0, 0.1) is 0 Å². The molecule has 7 heteroatoms. The van der Waals surface area contributed by atoms with Crippen molar-refractivity contribution in [2.75, 3.05) is 9.80 Å². The fourth-order valence-electron chi connectivity index (χ4n) is 15.7. The Labute approximate surface area is 527 Å². The van der Waals surface area contributed by atoms with Crippen LogP contribution in [0.3, 0.4) is 0 Å². The van der Waals surface area contributed by atoms with Gasteiger partial charge in [-0.25, -0.2) is 0 Å². The molecule has 2 aromatic heterocycles. The standard InChI is InChI=1S/C84H57BN2O4/c1-83(2)66-44-56(86(54-36-32-52(33-37-54)50-18-7-5-8-19-50)72-26-15-24-62-60-22-11-13-28-74(60)90-81(62)72)40-42-58(66)64-46-78-70(48-68(64)83)85-71-49-69-65(47-79(71)89-77-31-17-30-76(88-78)80(77)85)59-43-41-57(45-67(59)84(69,3)4)87(55-38-34-53(35-39-55)51-20-9-6-10-21-51)73-27-16-25-63-61-23-12-14-29-75(61)91-82(63)73/h5-49H,1-4H3. The SMILES string of the molecule is CC1(C)c2cc(N(c3ccc(-c4ccccc4)cc3)c3cccc4c3oc3ccccc34)ccc2-c2cc3c(cc21)B1c2cc4c(cc2Oc2cccc(c21)O3)-c1ccc(N(c2ccc(-c3ccccc3)cc2)c2cccc3c2oc2ccccc23)cc1C4(C)C. The Balaban J connectivity index is 0.717. The normalized spacial score (nSPS) is 14.0. The Bertz CT molecular complexity index is 5210. The van der Waals surface area contributed by atoms with E-state index >= 15 is 0 Å². The van der Waals surface area contributed by atoms with Crippen LogP contribution in [-0.4, -0.2) is 6.71 Å². The summed E-state index contributed by atoms with van der Waals surface area (Å²) >= 11 is 0. The number of hydrogen-bond acceptors (Lipinski definition) is 6. The minimum atomic E-state index is -0.384. The van der Waals surface area contributed by atoms with Gasteiger partial charge in [0.1, 0.15) is 34.2 Å². The zero-order chi connectivity index (χ0) is 60.4. The van der Waals surface area contributed by atoms with Crippen molar-refractivity contribution in [3.8, 4) is 67.5 Å². The summed E-state index contributed by atoms with van der Waals surface area (Å²) in [7, 11) is 0. The highest BCUT2D eigenvalue weighted by atomic mass is 16.5. The van der Waals surface area contributed by atoms with Gasteiger partial charge in [-0.3, -0.25) is 0 Å². The zero-order valence-electron chi connectivity index (χ0n) is 50.6. The predicted molar refractivity (Wildman–Crippen MR) is 374 cm³/mol. The molecule has 0 bridgehead atoms. The highest BCUT2D eigenvalue weighted by Gasteiger charge is 2.46. The number of anilines is 6. The van der Waals surface area contributed by atoms with Crippen LogP contribution in [0.15, 0.2) is 282 Å². The first-order chi connectivity index (χ1) is 44.6. The lowest BCUT2D eigenvalue weighted by Crippen LogP contribution is -2.57. The van der Waals surface area contributed by atoms with Crippen LogP contribution in [0.1, 0.15) is 49.9 Å². The molecule has 0 radical (unpaired) electrons. The van der Waals surface area contributed by atoms with Crippen molar-refractivity contribution in [1.29, 1.82) is 0 Å². The van der Waals surface area contributed by atoms with E-state index in [4.69, 9.17) is 18.3 Å². The molecule has 4 aliphatic rings. The van der Waals surface area contributed by atoms with E-state index in [2.05, 4.69) is 298 Å². The van der Waals surface area contributed by atoms with Crippen molar-refractivity contribution in [3.63, 3.8) is 0 Å². The van der Waals surface area contributed by atoms with Crippen LogP contribution >= 0.6 is 0 Å². The van der Waals surface area contributed by atoms with E-state index in [0.717, 1.165) is 129 Å². The number of hydrogen-bond donors (Lipinski definition) is 0. The number of para-hydroxylation sites is 4. The minimum absolute atomic E-state index is 0.142. The van der Waals surface area contributed by atoms with E-state index in [1.54, 1.807) is 0 Å². The van der Waals surface area contributed by atoms with E-state index in [-0.39, 0.29) is 17.5 Å². The topological polar surface area (TPSA) is 51.2 Å². The van der Waals surface area contributed by atoms with E-state index in [1.165, 1.54) is 55.6 Å². The molecule has 0 unspecified atom stereocenters. The highest BCUT2D eigenvalue weighted by Crippen LogP contribution is 2.56. The predicted octanol–water partition coefficient (Wildman–Crippen LogP) is 21.1. The molecule has 0 saturated carbocycles. The van der Waals surface area contributed by atoms with Crippen molar-refractivity contribution in [1.82, 2.24) is 0 Å². The molecule has 0 atom stereocenters.